The van der Waals surface area contributed by atoms with Crippen LogP contribution in [0.3, 0.4) is 0 Å². The van der Waals surface area contributed by atoms with Crippen LogP contribution in [0.25, 0.3) is 0 Å². The molecular weight excluding hydrogens is 484 g/mol. The molecule has 0 aliphatic carbocycles. The van der Waals surface area contributed by atoms with Gasteiger partial charge >= 0.3 is 0 Å². The number of hydrogen-bond donors (Lipinski definition) is 2. The van der Waals surface area contributed by atoms with E-state index in [0.717, 1.165) is 50.0 Å². The number of nitrogens with zero attached hydrogens (tertiary/aromatic N) is 2. The molecule has 1 aliphatic heterocycles. The fourth-order valence-corrected chi connectivity index (χ4v) is 5.25. The van der Waals surface area contributed by atoms with Crippen molar-refractivity contribution in [3.05, 3.63) is 89.5 Å². The van der Waals surface area contributed by atoms with Crippen LogP contribution < -0.4 is 10.0 Å². The van der Waals surface area contributed by atoms with Gasteiger partial charge in [0.05, 0.1) is 17.7 Å². The van der Waals surface area contributed by atoms with Gasteiger partial charge in [-0.15, -0.1) is 0 Å². The van der Waals surface area contributed by atoms with E-state index < -0.39 is 15.9 Å². The molecule has 0 bridgehead atoms. The number of nitrogens with one attached hydrogen (secondary N) is 2. The highest BCUT2D eigenvalue weighted by Crippen LogP contribution is 2.38. The third-order valence-corrected chi connectivity index (χ3v) is 6.81. The third-order valence-electron chi connectivity index (χ3n) is 6.20. The molecule has 1 amide bonds. The van der Waals surface area contributed by atoms with Crippen molar-refractivity contribution in [1.82, 2.24) is 4.90 Å². The van der Waals surface area contributed by atoms with Crippen LogP contribution in [0.5, 0.6) is 0 Å². The molecule has 194 valence electrons. The molecule has 4 rings (SSSR count). The minimum Gasteiger partial charge on any atom is -0.325 e. The first-order valence-electron chi connectivity index (χ1n) is 12.6. The molecule has 0 saturated carbocycles. The van der Waals surface area contributed by atoms with Crippen LogP contribution in [0.15, 0.2) is 77.8 Å². The van der Waals surface area contributed by atoms with Gasteiger partial charge in [0.15, 0.2) is 0 Å². The lowest BCUT2D eigenvalue weighted by molar-refractivity contribution is -0.115. The Labute approximate surface area is 219 Å². The Kier molecular flexibility index (Phi) is 8.41. The van der Waals surface area contributed by atoms with Crippen molar-refractivity contribution >= 4 is 38.7 Å². The molecule has 1 atom stereocenters. The second-order valence-electron chi connectivity index (χ2n) is 9.40. The maximum Gasteiger partial charge on any atom is 0.238 e. The molecule has 3 aromatic rings. The quantitative estimate of drug-likeness (QED) is 0.326. The average molecular weight is 519 g/mol. The van der Waals surface area contributed by atoms with Gasteiger partial charge in [-0.3, -0.25) is 19.4 Å². The van der Waals surface area contributed by atoms with E-state index in [-0.39, 0.29) is 5.91 Å². The summed E-state index contributed by atoms with van der Waals surface area (Å²) in [6.45, 7) is 7.43. The molecule has 8 heteroatoms. The Hall–Kier alpha value is -3.49. The number of sulfonamides is 1. The van der Waals surface area contributed by atoms with E-state index in [1.807, 2.05) is 42.5 Å². The highest BCUT2D eigenvalue weighted by Gasteiger charge is 2.35. The number of amides is 1. The second kappa shape index (κ2) is 11.7. The molecule has 37 heavy (non-hydrogen) atoms. The fraction of sp³-hybridized carbons (Fsp3) is 0.310. The van der Waals surface area contributed by atoms with Crippen molar-refractivity contribution in [2.75, 3.05) is 29.4 Å². The zero-order chi connectivity index (χ0) is 26.4. The summed E-state index contributed by atoms with van der Waals surface area (Å²) in [7, 11) is -3.46. The molecule has 0 spiro atoms. The molecule has 1 unspecified atom stereocenters. The molecule has 3 aromatic carbocycles. The number of carbonyl (C=O) groups excluding carboxylic acids is 1. The van der Waals surface area contributed by atoms with Crippen LogP contribution in [-0.2, 0) is 21.4 Å². The molecule has 0 saturated heterocycles. The summed E-state index contributed by atoms with van der Waals surface area (Å²) in [4.78, 5) is 20.6. The van der Waals surface area contributed by atoms with Gasteiger partial charge in [-0.05, 0) is 73.0 Å². The lowest BCUT2D eigenvalue weighted by Crippen LogP contribution is -2.24. The maximum absolute atomic E-state index is 13.2. The first-order chi connectivity index (χ1) is 17.8. The molecular formula is C29H34N4O3S. The summed E-state index contributed by atoms with van der Waals surface area (Å²) in [5.41, 5.74) is 5.17. The van der Waals surface area contributed by atoms with Gasteiger partial charge in [0.2, 0.25) is 15.9 Å². The van der Waals surface area contributed by atoms with Crippen molar-refractivity contribution in [1.29, 1.82) is 0 Å². The van der Waals surface area contributed by atoms with Crippen molar-refractivity contribution in [3.63, 3.8) is 0 Å². The predicted octanol–water partition coefficient (Wildman–Crippen LogP) is 5.54. The molecule has 1 heterocycles. The third kappa shape index (κ3) is 6.84. The fourth-order valence-electron chi connectivity index (χ4n) is 4.69. The summed E-state index contributed by atoms with van der Waals surface area (Å²) in [6.07, 6.45) is 3.34. The topological polar surface area (TPSA) is 90.9 Å². The zero-order valence-corrected chi connectivity index (χ0v) is 22.4. The van der Waals surface area contributed by atoms with Crippen molar-refractivity contribution < 1.29 is 13.2 Å². The summed E-state index contributed by atoms with van der Waals surface area (Å²) in [5, 5.41) is 2.93. The van der Waals surface area contributed by atoms with Crippen LogP contribution in [0, 0.1) is 0 Å². The van der Waals surface area contributed by atoms with Crippen molar-refractivity contribution in [2.45, 2.75) is 39.2 Å². The second-order valence-corrected chi connectivity index (χ2v) is 11.2. The summed E-state index contributed by atoms with van der Waals surface area (Å²) < 4.78 is 26.1. The SMILES string of the molecule is CCCN(CCC)Cc1ccc(N=C(c2ccccc2)C2C(=O)Nc3ccc(NS(C)(=O)=O)cc32)cc1. The summed E-state index contributed by atoms with van der Waals surface area (Å²) in [5.74, 6) is -0.872. The number of hydrogen-bond acceptors (Lipinski definition) is 5. The Balaban J connectivity index is 1.70. The van der Waals surface area contributed by atoms with Gasteiger partial charge in [0.1, 0.15) is 5.92 Å². The van der Waals surface area contributed by atoms with Crippen LogP contribution in [0.2, 0.25) is 0 Å². The van der Waals surface area contributed by atoms with Crippen LogP contribution >= 0.6 is 0 Å². The van der Waals surface area contributed by atoms with Gasteiger partial charge in [0, 0.05) is 17.9 Å². The van der Waals surface area contributed by atoms with Gasteiger partial charge in [-0.1, -0.05) is 56.3 Å². The normalized spacial score (nSPS) is 15.5. The Bertz CT molecular complexity index is 1360. The largest absolute Gasteiger partial charge is 0.325 e. The van der Waals surface area contributed by atoms with Crippen LogP contribution in [0.1, 0.15) is 49.3 Å². The van der Waals surface area contributed by atoms with E-state index in [2.05, 4.69) is 40.9 Å². The molecule has 2 N–H and O–H groups in total. The van der Waals surface area contributed by atoms with Crippen molar-refractivity contribution in [2.24, 2.45) is 4.99 Å². The smallest absolute Gasteiger partial charge is 0.238 e. The van der Waals surface area contributed by atoms with Crippen LogP contribution in [-0.4, -0.2) is 44.3 Å². The molecule has 0 radical (unpaired) electrons. The average Bonchev–Trinajstić information content (AvgIpc) is 3.18. The monoisotopic (exact) mass is 518 g/mol. The zero-order valence-electron chi connectivity index (χ0n) is 21.6. The number of carbonyl (C=O) groups is 1. The molecule has 1 aliphatic rings. The number of anilines is 2. The Morgan fingerprint density at radius 3 is 2.27 bits per heavy atom. The molecule has 0 fully saturated rings. The highest BCUT2D eigenvalue weighted by molar-refractivity contribution is 7.92. The standard InChI is InChI=1S/C29H34N4O3S/c1-4-17-33(18-5-2)20-21-11-13-23(14-12-21)30-28(22-9-7-6-8-10-22)27-25-19-24(32-37(3,35)36)15-16-26(25)31-29(27)34/h6-16,19,27,32H,4-5,17-18,20H2,1-3H3,(H,31,34). The Morgan fingerprint density at radius 2 is 1.65 bits per heavy atom. The predicted molar refractivity (Wildman–Crippen MR) is 151 cm³/mol. The highest BCUT2D eigenvalue weighted by atomic mass is 32.2. The van der Waals surface area contributed by atoms with E-state index in [1.54, 1.807) is 18.2 Å². The van der Waals surface area contributed by atoms with E-state index in [0.29, 0.717) is 22.6 Å². The van der Waals surface area contributed by atoms with E-state index in [1.165, 1.54) is 5.56 Å². The first kappa shape index (κ1) is 26.6. The van der Waals surface area contributed by atoms with Crippen LogP contribution in [0.4, 0.5) is 17.1 Å². The van der Waals surface area contributed by atoms with E-state index in [4.69, 9.17) is 4.99 Å². The summed E-state index contributed by atoms with van der Waals surface area (Å²) >= 11 is 0. The number of fused-ring (bicyclic) bond motifs is 1. The summed E-state index contributed by atoms with van der Waals surface area (Å²) in [6, 6.07) is 22.9. The first-order valence-corrected chi connectivity index (χ1v) is 14.5. The number of aliphatic imine (C=N–C) groups is 1. The van der Waals surface area contributed by atoms with E-state index in [9.17, 15) is 13.2 Å². The lowest BCUT2D eigenvalue weighted by atomic mass is 9.90. The number of benzene rings is 3. The van der Waals surface area contributed by atoms with E-state index >= 15 is 0 Å². The molecule has 0 aromatic heterocycles. The Morgan fingerprint density at radius 1 is 0.973 bits per heavy atom. The molecule has 7 nitrogen and oxygen atoms in total. The van der Waals surface area contributed by atoms with Gasteiger partial charge < -0.3 is 5.32 Å². The van der Waals surface area contributed by atoms with Gasteiger partial charge in [-0.25, -0.2) is 8.42 Å². The van der Waals surface area contributed by atoms with Gasteiger partial charge in [-0.2, -0.15) is 0 Å². The number of rotatable bonds is 11. The minimum atomic E-state index is -3.46. The van der Waals surface area contributed by atoms with Gasteiger partial charge in [0.25, 0.3) is 0 Å². The minimum absolute atomic E-state index is 0.194. The lowest BCUT2D eigenvalue weighted by Gasteiger charge is -2.21. The van der Waals surface area contributed by atoms with Crippen molar-refractivity contribution in [3.8, 4) is 0 Å². The maximum atomic E-state index is 13.2.